The van der Waals surface area contributed by atoms with Gasteiger partial charge in [0.15, 0.2) is 0 Å². The zero-order valence-electron chi connectivity index (χ0n) is 11.9. The van der Waals surface area contributed by atoms with Gasteiger partial charge in [-0.1, -0.05) is 60.7 Å². The maximum absolute atomic E-state index is 5.86. The molecule has 0 aliphatic rings. The van der Waals surface area contributed by atoms with Gasteiger partial charge in [0, 0.05) is 10.6 Å². The fraction of sp³-hybridized carbons (Fsp3) is 0. The lowest BCUT2D eigenvalue weighted by molar-refractivity contribution is 0.636. The summed E-state index contributed by atoms with van der Waals surface area (Å²) < 4.78 is 11.7. The highest BCUT2D eigenvalue weighted by molar-refractivity contribution is 7.50. The number of hydrogen-bond acceptors (Lipinski definition) is 2. The Morgan fingerprint density at radius 2 is 0.818 bits per heavy atom. The predicted molar refractivity (Wildman–Crippen MR) is 96.5 cm³/mol. The van der Waals surface area contributed by atoms with E-state index in [1.807, 2.05) is 72.8 Å². The van der Waals surface area contributed by atoms with Crippen LogP contribution in [0.25, 0.3) is 0 Å². The summed E-state index contributed by atoms with van der Waals surface area (Å²) in [5.74, 6) is 1.78. The minimum absolute atomic E-state index is 0.275. The SMILES string of the molecule is c1ccc(OPc2ccccc2POc2ccccc2)cc1. The van der Waals surface area contributed by atoms with E-state index in [9.17, 15) is 0 Å². The molecule has 0 bridgehead atoms. The Balaban J connectivity index is 1.65. The Morgan fingerprint density at radius 3 is 1.23 bits per heavy atom. The van der Waals surface area contributed by atoms with E-state index in [0.29, 0.717) is 0 Å². The van der Waals surface area contributed by atoms with Crippen LogP contribution >= 0.6 is 17.6 Å². The van der Waals surface area contributed by atoms with Crippen LogP contribution < -0.4 is 19.7 Å². The molecule has 110 valence electrons. The third-order valence-electron chi connectivity index (χ3n) is 2.97. The fourth-order valence-corrected chi connectivity index (χ4v) is 3.62. The minimum Gasteiger partial charge on any atom is -0.472 e. The van der Waals surface area contributed by atoms with Crippen LogP contribution in [-0.4, -0.2) is 0 Å². The van der Waals surface area contributed by atoms with Crippen molar-refractivity contribution in [2.24, 2.45) is 0 Å². The monoisotopic (exact) mass is 326 g/mol. The molecule has 2 atom stereocenters. The van der Waals surface area contributed by atoms with E-state index >= 15 is 0 Å². The first-order chi connectivity index (χ1) is 10.9. The zero-order chi connectivity index (χ0) is 15.0. The largest absolute Gasteiger partial charge is 0.472 e. The first-order valence-corrected chi connectivity index (χ1v) is 8.78. The maximum atomic E-state index is 5.86. The Bertz CT molecular complexity index is 640. The van der Waals surface area contributed by atoms with Crippen molar-refractivity contribution in [2.45, 2.75) is 0 Å². The molecule has 0 saturated heterocycles. The highest BCUT2D eigenvalue weighted by atomic mass is 31.1. The van der Waals surface area contributed by atoms with Crippen LogP contribution in [0.2, 0.25) is 0 Å². The maximum Gasteiger partial charge on any atom is 0.123 e. The molecule has 0 aliphatic heterocycles. The smallest absolute Gasteiger partial charge is 0.123 e. The van der Waals surface area contributed by atoms with Gasteiger partial charge in [-0.2, -0.15) is 0 Å². The van der Waals surface area contributed by atoms with Crippen molar-refractivity contribution in [2.75, 3.05) is 0 Å². The van der Waals surface area contributed by atoms with Gasteiger partial charge in [0.1, 0.15) is 29.1 Å². The van der Waals surface area contributed by atoms with Crippen LogP contribution in [-0.2, 0) is 0 Å². The zero-order valence-corrected chi connectivity index (χ0v) is 13.9. The molecule has 2 unspecified atom stereocenters. The molecule has 3 aromatic rings. The van der Waals surface area contributed by atoms with Crippen molar-refractivity contribution >= 4 is 28.2 Å². The van der Waals surface area contributed by atoms with E-state index < -0.39 is 0 Å². The van der Waals surface area contributed by atoms with Crippen LogP contribution in [0.1, 0.15) is 0 Å². The molecular weight excluding hydrogens is 310 g/mol. The molecule has 0 fully saturated rings. The van der Waals surface area contributed by atoms with Gasteiger partial charge < -0.3 is 9.05 Å². The third kappa shape index (κ3) is 4.31. The average Bonchev–Trinajstić information content (AvgIpc) is 2.61. The quantitative estimate of drug-likeness (QED) is 0.630. The van der Waals surface area contributed by atoms with Crippen molar-refractivity contribution in [1.29, 1.82) is 0 Å². The van der Waals surface area contributed by atoms with Gasteiger partial charge in [0.05, 0.1) is 0 Å². The van der Waals surface area contributed by atoms with E-state index in [4.69, 9.17) is 9.05 Å². The van der Waals surface area contributed by atoms with Gasteiger partial charge >= 0.3 is 0 Å². The number of hydrogen-bond donors (Lipinski definition) is 0. The fourth-order valence-electron chi connectivity index (χ4n) is 1.87. The van der Waals surface area contributed by atoms with Gasteiger partial charge in [0.2, 0.25) is 0 Å². The summed E-state index contributed by atoms with van der Waals surface area (Å²) in [6, 6.07) is 28.0. The molecule has 0 aliphatic carbocycles. The van der Waals surface area contributed by atoms with Gasteiger partial charge in [-0.25, -0.2) is 0 Å². The summed E-state index contributed by atoms with van der Waals surface area (Å²) >= 11 is 0. The van der Waals surface area contributed by atoms with Gasteiger partial charge in [-0.15, -0.1) is 0 Å². The molecule has 3 rings (SSSR count). The van der Waals surface area contributed by atoms with Gasteiger partial charge in [-0.05, 0) is 24.3 Å². The van der Waals surface area contributed by atoms with Gasteiger partial charge in [0.25, 0.3) is 0 Å². The summed E-state index contributed by atoms with van der Waals surface area (Å²) in [5, 5.41) is 2.36. The lowest BCUT2D eigenvalue weighted by atomic mass is 10.3. The molecule has 0 heterocycles. The van der Waals surface area contributed by atoms with Crippen molar-refractivity contribution in [3.63, 3.8) is 0 Å². The third-order valence-corrected chi connectivity index (χ3v) is 5.21. The van der Waals surface area contributed by atoms with E-state index in [1.165, 1.54) is 10.6 Å². The van der Waals surface area contributed by atoms with Crippen molar-refractivity contribution < 1.29 is 9.05 Å². The molecule has 0 saturated carbocycles. The molecule has 2 nitrogen and oxygen atoms in total. The molecule has 0 amide bonds. The minimum atomic E-state index is 0.275. The van der Waals surface area contributed by atoms with Crippen molar-refractivity contribution in [1.82, 2.24) is 0 Å². The topological polar surface area (TPSA) is 18.5 Å². The molecule has 0 radical (unpaired) electrons. The normalized spacial score (nSPS) is 11.3. The Kier molecular flexibility index (Phi) is 5.42. The van der Waals surface area contributed by atoms with Crippen LogP contribution in [0.4, 0.5) is 0 Å². The Labute approximate surface area is 134 Å². The lowest BCUT2D eigenvalue weighted by Crippen LogP contribution is -2.16. The van der Waals surface area contributed by atoms with Crippen molar-refractivity contribution in [3.05, 3.63) is 84.9 Å². The molecule has 0 aromatic heterocycles. The summed E-state index contributed by atoms with van der Waals surface area (Å²) in [6.07, 6.45) is 0. The summed E-state index contributed by atoms with van der Waals surface area (Å²) in [4.78, 5) is 0. The number of benzene rings is 3. The van der Waals surface area contributed by atoms with Crippen molar-refractivity contribution in [3.8, 4) is 11.5 Å². The van der Waals surface area contributed by atoms with E-state index in [0.717, 1.165) is 11.5 Å². The first kappa shape index (κ1) is 15.0. The molecule has 22 heavy (non-hydrogen) atoms. The summed E-state index contributed by atoms with van der Waals surface area (Å²) in [7, 11) is 0.550. The van der Waals surface area contributed by atoms with Crippen LogP contribution in [0.15, 0.2) is 84.9 Å². The van der Waals surface area contributed by atoms with Crippen LogP contribution in [0, 0.1) is 0 Å². The standard InChI is InChI=1S/C18H16O2P2/c1-3-9-15(10-4-1)19-21-17-13-7-8-14-18(17)22-20-16-11-5-2-6-12-16/h1-14,21-22H. The van der Waals surface area contributed by atoms with Crippen LogP contribution in [0.3, 0.4) is 0 Å². The highest BCUT2D eigenvalue weighted by Gasteiger charge is 2.05. The second-order valence-electron chi connectivity index (χ2n) is 4.58. The molecular formula is C18H16O2P2. The lowest BCUT2D eigenvalue weighted by Gasteiger charge is -2.11. The van der Waals surface area contributed by atoms with E-state index in [-0.39, 0.29) is 17.6 Å². The Morgan fingerprint density at radius 1 is 0.455 bits per heavy atom. The molecule has 0 spiro atoms. The summed E-state index contributed by atoms with van der Waals surface area (Å²) in [5.41, 5.74) is 0. The molecule has 3 aromatic carbocycles. The highest BCUT2D eigenvalue weighted by Crippen LogP contribution is 2.23. The van der Waals surface area contributed by atoms with E-state index in [2.05, 4.69) is 12.1 Å². The predicted octanol–water partition coefficient (Wildman–Crippen LogP) is 4.28. The van der Waals surface area contributed by atoms with E-state index in [1.54, 1.807) is 0 Å². The van der Waals surface area contributed by atoms with Crippen LogP contribution in [0.5, 0.6) is 11.5 Å². The number of rotatable bonds is 6. The Hall–Kier alpha value is -1.88. The summed E-state index contributed by atoms with van der Waals surface area (Å²) in [6.45, 7) is 0. The first-order valence-electron chi connectivity index (χ1n) is 6.97. The second kappa shape index (κ2) is 7.94. The second-order valence-corrected chi connectivity index (χ2v) is 6.47. The molecule has 4 heteroatoms. The number of para-hydroxylation sites is 2. The molecule has 0 N–H and O–H groups in total. The average molecular weight is 326 g/mol. The van der Waals surface area contributed by atoms with Gasteiger partial charge in [-0.3, -0.25) is 0 Å².